The van der Waals surface area contributed by atoms with Gasteiger partial charge in [-0.25, -0.2) is 0 Å². The van der Waals surface area contributed by atoms with Crippen molar-refractivity contribution < 1.29 is 0 Å². The van der Waals surface area contributed by atoms with Crippen molar-refractivity contribution in [3.8, 4) is 11.1 Å². The van der Waals surface area contributed by atoms with Crippen LogP contribution in [0.15, 0.2) is 146 Å². The van der Waals surface area contributed by atoms with Crippen molar-refractivity contribution in [2.45, 2.75) is 31.6 Å². The molecule has 3 aliphatic rings. The van der Waals surface area contributed by atoms with Gasteiger partial charge in [0.1, 0.15) is 0 Å². The number of hydrogen-bond acceptors (Lipinski definition) is 1. The highest BCUT2D eigenvalue weighted by molar-refractivity contribution is 5.84. The molecule has 0 radical (unpaired) electrons. The van der Waals surface area contributed by atoms with Crippen LogP contribution in [0.5, 0.6) is 0 Å². The second-order valence-electron chi connectivity index (χ2n) is 12.8. The summed E-state index contributed by atoms with van der Waals surface area (Å²) < 4.78 is 0. The molecule has 43 heavy (non-hydrogen) atoms. The number of hydrogen-bond donors (Lipinski definition) is 0. The van der Waals surface area contributed by atoms with E-state index < -0.39 is 0 Å². The topological polar surface area (TPSA) is 3.24 Å². The summed E-state index contributed by atoms with van der Waals surface area (Å²) in [6, 6.07) is 54.4. The van der Waals surface area contributed by atoms with Gasteiger partial charge in [0.25, 0.3) is 0 Å². The normalized spacial score (nSPS) is 22.0. The maximum atomic E-state index is 2.57. The molecule has 0 saturated carbocycles. The summed E-state index contributed by atoms with van der Waals surface area (Å²) in [5, 5.41) is 0. The lowest BCUT2D eigenvalue weighted by molar-refractivity contribution is 0.288. The second-order valence-corrected chi connectivity index (χ2v) is 12.8. The van der Waals surface area contributed by atoms with E-state index in [1.54, 1.807) is 0 Å². The summed E-state index contributed by atoms with van der Waals surface area (Å²) in [6.45, 7) is 4.74. The Hall–Kier alpha value is -4.88. The Labute approximate surface area is 254 Å². The van der Waals surface area contributed by atoms with E-state index in [1.165, 1.54) is 67.1 Å². The quantitative estimate of drug-likeness (QED) is 0.211. The predicted molar refractivity (Wildman–Crippen MR) is 178 cm³/mol. The third-order valence-corrected chi connectivity index (χ3v) is 10.6. The fourth-order valence-electron chi connectivity index (χ4n) is 8.94. The van der Waals surface area contributed by atoms with Gasteiger partial charge in [-0.1, -0.05) is 128 Å². The van der Waals surface area contributed by atoms with Crippen molar-refractivity contribution in [2.24, 2.45) is 5.41 Å². The molecule has 206 valence electrons. The monoisotopic (exact) mass is 551 g/mol. The van der Waals surface area contributed by atoms with Crippen LogP contribution in [0, 0.1) is 12.3 Å². The molecule has 4 unspecified atom stereocenters. The van der Waals surface area contributed by atoms with Gasteiger partial charge in [0.15, 0.2) is 0 Å². The lowest BCUT2D eigenvalue weighted by Crippen LogP contribution is -2.24. The van der Waals surface area contributed by atoms with Crippen LogP contribution in [0.25, 0.3) is 11.1 Å². The molecule has 0 heterocycles. The lowest BCUT2D eigenvalue weighted by Gasteiger charge is -2.33. The summed E-state index contributed by atoms with van der Waals surface area (Å²) in [5.74, 6) is 1.11. The summed E-state index contributed by atoms with van der Waals surface area (Å²) in [5.41, 5.74) is 16.5. The van der Waals surface area contributed by atoms with Gasteiger partial charge in [-0.05, 0) is 81.8 Å². The highest BCUT2D eigenvalue weighted by Crippen LogP contribution is 2.76. The van der Waals surface area contributed by atoms with E-state index in [2.05, 4.69) is 164 Å². The molecule has 0 N–H and O–H groups in total. The van der Waals surface area contributed by atoms with Crippen LogP contribution in [0.4, 0.5) is 17.1 Å². The molecule has 6 aromatic carbocycles. The molecule has 6 aromatic rings. The van der Waals surface area contributed by atoms with E-state index in [4.69, 9.17) is 0 Å². The van der Waals surface area contributed by atoms with Crippen molar-refractivity contribution in [1.82, 2.24) is 0 Å². The van der Waals surface area contributed by atoms with Crippen molar-refractivity contribution in [2.75, 3.05) is 4.90 Å². The van der Waals surface area contributed by atoms with Crippen LogP contribution in [0.3, 0.4) is 0 Å². The number of anilines is 3. The van der Waals surface area contributed by atoms with Crippen molar-refractivity contribution in [3.63, 3.8) is 0 Å². The number of nitrogens with zero attached hydrogens (tertiary/aromatic N) is 1. The van der Waals surface area contributed by atoms with Gasteiger partial charge in [-0.2, -0.15) is 0 Å². The van der Waals surface area contributed by atoms with Crippen LogP contribution >= 0.6 is 0 Å². The Bertz CT molecular complexity index is 2000. The van der Waals surface area contributed by atoms with Crippen LogP contribution in [-0.2, 0) is 0 Å². The van der Waals surface area contributed by atoms with Gasteiger partial charge >= 0.3 is 0 Å². The Morgan fingerprint density at radius 1 is 0.442 bits per heavy atom. The first kappa shape index (κ1) is 24.7. The van der Waals surface area contributed by atoms with Gasteiger partial charge in [-0.15, -0.1) is 0 Å². The molecule has 0 aliphatic heterocycles. The summed E-state index contributed by atoms with van der Waals surface area (Å²) in [7, 11) is 0. The van der Waals surface area contributed by atoms with Gasteiger partial charge in [0.2, 0.25) is 0 Å². The van der Waals surface area contributed by atoms with E-state index in [1.807, 2.05) is 0 Å². The molecule has 9 rings (SSSR count). The summed E-state index contributed by atoms with van der Waals surface area (Å²) in [4.78, 5) is 2.50. The van der Waals surface area contributed by atoms with E-state index in [0.717, 1.165) is 0 Å². The summed E-state index contributed by atoms with van der Waals surface area (Å²) in [6.07, 6.45) is 0. The van der Waals surface area contributed by atoms with Gasteiger partial charge in [0, 0.05) is 34.5 Å². The SMILES string of the molecule is Cc1ccc(N(c2ccc(-c3ccccc3)cc2)c2cccc3c2C2c4ccccc4C4c5ccccc5C3C42C)cc1. The highest BCUT2D eigenvalue weighted by Gasteiger charge is 2.65. The van der Waals surface area contributed by atoms with Gasteiger partial charge in [0.05, 0.1) is 5.69 Å². The Morgan fingerprint density at radius 3 is 1.51 bits per heavy atom. The fraction of sp³-hybridized carbons (Fsp3) is 0.143. The molecule has 0 fully saturated rings. The Kier molecular flexibility index (Phi) is 5.20. The molecule has 1 nitrogen and oxygen atoms in total. The fourth-order valence-corrected chi connectivity index (χ4v) is 8.94. The van der Waals surface area contributed by atoms with Gasteiger partial charge in [-0.3, -0.25) is 0 Å². The maximum Gasteiger partial charge on any atom is 0.0503 e. The molecule has 0 spiro atoms. The average Bonchev–Trinajstić information content (AvgIpc) is 3.59. The summed E-state index contributed by atoms with van der Waals surface area (Å²) >= 11 is 0. The molecule has 4 atom stereocenters. The van der Waals surface area contributed by atoms with Crippen molar-refractivity contribution in [1.29, 1.82) is 0 Å². The first-order valence-corrected chi connectivity index (χ1v) is 15.5. The third kappa shape index (κ3) is 3.34. The number of benzene rings is 6. The zero-order valence-electron chi connectivity index (χ0n) is 24.5. The molecule has 1 heteroatoms. The number of fused-ring (bicyclic) bond motifs is 9. The zero-order chi connectivity index (χ0) is 28.7. The molecule has 0 amide bonds. The molecule has 0 bridgehead atoms. The molecule has 3 aliphatic carbocycles. The first-order valence-electron chi connectivity index (χ1n) is 15.5. The van der Waals surface area contributed by atoms with Crippen LogP contribution in [0.2, 0.25) is 0 Å². The Morgan fingerprint density at radius 2 is 0.907 bits per heavy atom. The lowest BCUT2D eigenvalue weighted by atomic mass is 9.70. The number of rotatable bonds is 4. The second kappa shape index (κ2) is 9.06. The van der Waals surface area contributed by atoms with E-state index >= 15 is 0 Å². The largest absolute Gasteiger partial charge is 0.310 e. The highest BCUT2D eigenvalue weighted by atomic mass is 15.1. The van der Waals surface area contributed by atoms with Gasteiger partial charge < -0.3 is 4.90 Å². The van der Waals surface area contributed by atoms with Crippen LogP contribution < -0.4 is 4.90 Å². The van der Waals surface area contributed by atoms with Crippen molar-refractivity contribution >= 4 is 17.1 Å². The maximum absolute atomic E-state index is 2.57. The van der Waals surface area contributed by atoms with E-state index in [9.17, 15) is 0 Å². The zero-order valence-corrected chi connectivity index (χ0v) is 24.5. The molecule has 0 aromatic heterocycles. The van der Waals surface area contributed by atoms with Crippen LogP contribution in [-0.4, -0.2) is 0 Å². The number of aryl methyl sites for hydroxylation is 1. The first-order chi connectivity index (χ1) is 21.1. The Balaban J connectivity index is 1.29. The third-order valence-electron chi connectivity index (χ3n) is 10.6. The van der Waals surface area contributed by atoms with Crippen LogP contribution in [0.1, 0.15) is 63.6 Å². The molecular weight excluding hydrogens is 518 g/mol. The molecular formula is C42H33N. The predicted octanol–water partition coefficient (Wildman–Crippen LogP) is 10.9. The van der Waals surface area contributed by atoms with E-state index in [-0.39, 0.29) is 5.41 Å². The average molecular weight is 552 g/mol. The minimum absolute atomic E-state index is 0.0714. The van der Waals surface area contributed by atoms with E-state index in [0.29, 0.717) is 17.8 Å². The smallest absolute Gasteiger partial charge is 0.0503 e. The minimum atomic E-state index is 0.0714. The van der Waals surface area contributed by atoms with Crippen molar-refractivity contribution in [3.05, 3.63) is 185 Å². The molecule has 0 saturated heterocycles. The minimum Gasteiger partial charge on any atom is -0.310 e. The standard InChI is InChI=1S/C42H33N/c1-27-19-23-30(24-20-27)43(31-25-21-29(22-26-31)28-11-4-3-5-12-28)37-18-10-17-36-38(37)41-35-16-9-8-15-34(35)39-32-13-6-7-14-33(32)40(36)42(39,41)2/h3-26,39-41H,1-2H3.